The van der Waals surface area contributed by atoms with Crippen LogP contribution in [0.5, 0.6) is 0 Å². The van der Waals surface area contributed by atoms with E-state index in [1.54, 1.807) is 24.3 Å². The molecule has 0 unspecified atom stereocenters. The first-order valence-corrected chi connectivity index (χ1v) is 9.50. The van der Waals surface area contributed by atoms with E-state index in [0.29, 0.717) is 16.4 Å². The molecule has 0 heterocycles. The molecule has 138 valence electrons. The molecule has 0 radical (unpaired) electrons. The number of sulfonamides is 1. The molecule has 2 amide bonds. The van der Waals surface area contributed by atoms with Crippen molar-refractivity contribution in [1.82, 2.24) is 4.72 Å². The molecule has 2 aromatic rings. The van der Waals surface area contributed by atoms with E-state index in [4.69, 9.17) is 11.6 Å². The second kappa shape index (κ2) is 8.31. The highest BCUT2D eigenvalue weighted by molar-refractivity contribution is 7.89. The van der Waals surface area contributed by atoms with E-state index in [0.717, 1.165) is 0 Å². The van der Waals surface area contributed by atoms with E-state index in [1.165, 1.54) is 38.1 Å². The normalized spacial score (nSPS) is 12.3. The first-order valence-electron chi connectivity index (χ1n) is 7.64. The number of benzene rings is 2. The van der Waals surface area contributed by atoms with Gasteiger partial charge in [-0.05, 0) is 49.4 Å². The lowest BCUT2D eigenvalue weighted by atomic mass is 10.2. The van der Waals surface area contributed by atoms with E-state index in [1.807, 2.05) is 0 Å². The summed E-state index contributed by atoms with van der Waals surface area (Å²) in [4.78, 5) is 23.4. The third-order valence-corrected chi connectivity index (χ3v) is 5.11. The van der Waals surface area contributed by atoms with Gasteiger partial charge in [-0.15, -0.1) is 0 Å². The summed E-state index contributed by atoms with van der Waals surface area (Å²) < 4.78 is 26.9. The maximum atomic E-state index is 12.3. The Morgan fingerprint density at radius 1 is 1.00 bits per heavy atom. The van der Waals surface area contributed by atoms with Crippen molar-refractivity contribution in [2.24, 2.45) is 0 Å². The van der Waals surface area contributed by atoms with Gasteiger partial charge in [0.15, 0.2) is 0 Å². The summed E-state index contributed by atoms with van der Waals surface area (Å²) in [7, 11) is -3.86. The van der Waals surface area contributed by atoms with E-state index in [2.05, 4.69) is 15.4 Å². The fraction of sp³-hybridized carbons (Fsp3) is 0.176. The second-order valence-corrected chi connectivity index (χ2v) is 7.70. The van der Waals surface area contributed by atoms with Gasteiger partial charge in [0.25, 0.3) is 0 Å². The highest BCUT2D eigenvalue weighted by Crippen LogP contribution is 2.16. The van der Waals surface area contributed by atoms with Crippen molar-refractivity contribution in [3.8, 4) is 0 Å². The fourth-order valence-electron chi connectivity index (χ4n) is 2.10. The molecule has 0 bridgehead atoms. The Balaban J connectivity index is 2.05. The summed E-state index contributed by atoms with van der Waals surface area (Å²) >= 11 is 5.75. The van der Waals surface area contributed by atoms with Crippen molar-refractivity contribution < 1.29 is 18.0 Å². The van der Waals surface area contributed by atoms with Crippen LogP contribution in [0.3, 0.4) is 0 Å². The molecule has 0 spiro atoms. The number of hydrogen-bond donors (Lipinski definition) is 3. The van der Waals surface area contributed by atoms with Crippen LogP contribution >= 0.6 is 11.6 Å². The molecule has 0 aliphatic rings. The van der Waals surface area contributed by atoms with Crippen molar-refractivity contribution in [1.29, 1.82) is 0 Å². The van der Waals surface area contributed by atoms with E-state index < -0.39 is 22.0 Å². The van der Waals surface area contributed by atoms with Gasteiger partial charge in [-0.2, -0.15) is 4.72 Å². The van der Waals surface area contributed by atoms with Gasteiger partial charge in [0.05, 0.1) is 10.9 Å². The van der Waals surface area contributed by atoms with Crippen LogP contribution in [0.1, 0.15) is 13.8 Å². The number of anilines is 2. The summed E-state index contributed by atoms with van der Waals surface area (Å²) in [5, 5.41) is 5.61. The van der Waals surface area contributed by atoms with Crippen LogP contribution in [-0.2, 0) is 19.6 Å². The van der Waals surface area contributed by atoms with Gasteiger partial charge in [0.1, 0.15) is 0 Å². The molecule has 2 rings (SSSR count). The second-order valence-electron chi connectivity index (χ2n) is 5.55. The van der Waals surface area contributed by atoms with Crippen molar-refractivity contribution in [3.63, 3.8) is 0 Å². The quantitative estimate of drug-likeness (QED) is 0.699. The molecule has 0 saturated heterocycles. The maximum absolute atomic E-state index is 12.3. The van der Waals surface area contributed by atoms with Gasteiger partial charge in [0.2, 0.25) is 21.8 Å². The molecule has 1 atom stereocenters. The minimum absolute atomic E-state index is 0.00852. The standard InChI is InChI=1S/C17H18ClN3O4S/c1-11(21-26(24,25)16-8-6-13(18)7-9-16)17(23)20-15-5-3-4-14(10-15)19-12(2)22/h3-11,21H,1-2H3,(H,19,22)(H,20,23)/t11-/m0/s1. The van der Waals surface area contributed by atoms with Gasteiger partial charge in [-0.25, -0.2) is 8.42 Å². The molecular weight excluding hydrogens is 378 g/mol. The average molecular weight is 396 g/mol. The number of carbonyl (C=O) groups is 2. The maximum Gasteiger partial charge on any atom is 0.242 e. The first-order chi connectivity index (χ1) is 12.2. The molecule has 0 aromatic heterocycles. The monoisotopic (exact) mass is 395 g/mol. The SMILES string of the molecule is CC(=O)Nc1cccc(NC(=O)[C@H](C)NS(=O)(=O)c2ccc(Cl)cc2)c1. The molecule has 0 aliphatic carbocycles. The third-order valence-electron chi connectivity index (χ3n) is 3.30. The predicted octanol–water partition coefficient (Wildman–Crippen LogP) is 2.60. The van der Waals surface area contributed by atoms with Crippen molar-refractivity contribution >= 4 is 44.8 Å². The molecule has 0 saturated carbocycles. The highest BCUT2D eigenvalue weighted by atomic mass is 35.5. The van der Waals surface area contributed by atoms with Crippen LogP contribution < -0.4 is 15.4 Å². The Labute approximate surface area is 156 Å². The molecule has 26 heavy (non-hydrogen) atoms. The number of hydrogen-bond acceptors (Lipinski definition) is 4. The number of nitrogens with one attached hydrogen (secondary N) is 3. The van der Waals surface area contributed by atoms with Crippen molar-refractivity contribution in [2.75, 3.05) is 10.6 Å². The van der Waals surface area contributed by atoms with Crippen LogP contribution in [0.15, 0.2) is 53.4 Å². The highest BCUT2D eigenvalue weighted by Gasteiger charge is 2.22. The van der Waals surface area contributed by atoms with Gasteiger partial charge in [0, 0.05) is 23.3 Å². The Hall–Kier alpha value is -2.42. The Kier molecular flexibility index (Phi) is 6.36. The molecular formula is C17H18ClN3O4S. The summed E-state index contributed by atoms with van der Waals surface area (Å²) in [5.74, 6) is -0.778. The van der Waals surface area contributed by atoms with Crippen LogP contribution in [0.2, 0.25) is 5.02 Å². The van der Waals surface area contributed by atoms with Gasteiger partial charge >= 0.3 is 0 Å². The van der Waals surface area contributed by atoms with Gasteiger partial charge < -0.3 is 10.6 Å². The first kappa shape index (κ1) is 19.9. The number of halogens is 1. The fourth-order valence-corrected chi connectivity index (χ4v) is 3.43. The van der Waals surface area contributed by atoms with Crippen LogP contribution in [0.25, 0.3) is 0 Å². The van der Waals surface area contributed by atoms with Gasteiger partial charge in [-0.3, -0.25) is 9.59 Å². The molecule has 9 heteroatoms. The minimum atomic E-state index is -3.86. The van der Waals surface area contributed by atoms with Crippen LogP contribution in [0, 0.1) is 0 Å². The largest absolute Gasteiger partial charge is 0.326 e. The number of rotatable bonds is 6. The summed E-state index contributed by atoms with van der Waals surface area (Å²) in [6.45, 7) is 2.80. The average Bonchev–Trinajstić information content (AvgIpc) is 2.54. The molecule has 3 N–H and O–H groups in total. The summed E-state index contributed by atoms with van der Waals surface area (Å²) in [6.07, 6.45) is 0. The minimum Gasteiger partial charge on any atom is -0.326 e. The van der Waals surface area contributed by atoms with Crippen molar-refractivity contribution in [3.05, 3.63) is 53.6 Å². The lowest BCUT2D eigenvalue weighted by Crippen LogP contribution is -2.41. The van der Waals surface area contributed by atoms with E-state index >= 15 is 0 Å². The number of amides is 2. The topological polar surface area (TPSA) is 104 Å². The zero-order valence-electron chi connectivity index (χ0n) is 14.1. The summed E-state index contributed by atoms with van der Waals surface area (Å²) in [5.41, 5.74) is 0.948. The smallest absolute Gasteiger partial charge is 0.242 e. The lowest BCUT2D eigenvalue weighted by Gasteiger charge is -2.15. The molecule has 0 fully saturated rings. The van der Waals surface area contributed by atoms with Gasteiger partial charge in [-0.1, -0.05) is 17.7 Å². The van der Waals surface area contributed by atoms with Crippen LogP contribution in [-0.4, -0.2) is 26.3 Å². The van der Waals surface area contributed by atoms with E-state index in [9.17, 15) is 18.0 Å². The molecule has 0 aliphatic heterocycles. The van der Waals surface area contributed by atoms with E-state index in [-0.39, 0.29) is 10.8 Å². The Morgan fingerprint density at radius 3 is 2.15 bits per heavy atom. The van der Waals surface area contributed by atoms with Crippen LogP contribution in [0.4, 0.5) is 11.4 Å². The summed E-state index contributed by atoms with van der Waals surface area (Å²) in [6, 6.07) is 11.1. The predicted molar refractivity (Wildman–Crippen MR) is 101 cm³/mol. The third kappa shape index (κ3) is 5.55. The zero-order chi connectivity index (χ0) is 19.3. The van der Waals surface area contributed by atoms with Crippen molar-refractivity contribution in [2.45, 2.75) is 24.8 Å². The molecule has 7 nitrogen and oxygen atoms in total. The Morgan fingerprint density at radius 2 is 1.58 bits per heavy atom. The Bertz CT molecular complexity index is 914. The zero-order valence-corrected chi connectivity index (χ0v) is 15.7. The lowest BCUT2D eigenvalue weighted by molar-refractivity contribution is -0.117. The number of carbonyl (C=O) groups excluding carboxylic acids is 2. The molecule has 2 aromatic carbocycles.